The van der Waals surface area contributed by atoms with Crippen molar-refractivity contribution in [2.45, 2.75) is 5.88 Å². The van der Waals surface area contributed by atoms with Crippen molar-refractivity contribution in [3.63, 3.8) is 0 Å². The van der Waals surface area contributed by atoms with Crippen LogP contribution in [0.3, 0.4) is 0 Å². The maximum atomic E-state index is 5.83. The molecule has 0 fully saturated rings. The Hall–Kier alpha value is -1.80. The predicted molar refractivity (Wildman–Crippen MR) is 71.1 cm³/mol. The van der Waals surface area contributed by atoms with Crippen LogP contribution in [-0.4, -0.2) is 9.97 Å². The highest BCUT2D eigenvalue weighted by atomic mass is 35.5. The maximum Gasteiger partial charge on any atom is 0.138 e. The molecule has 1 aromatic heterocycles. The van der Waals surface area contributed by atoms with E-state index < -0.39 is 0 Å². The van der Waals surface area contributed by atoms with Crippen LogP contribution in [0.4, 0.5) is 0 Å². The van der Waals surface area contributed by atoms with E-state index in [0.29, 0.717) is 5.88 Å². The van der Waals surface area contributed by atoms with Crippen molar-refractivity contribution in [3.05, 3.63) is 54.1 Å². The molecule has 0 aliphatic carbocycles. The third kappa shape index (κ3) is 1.92. The highest BCUT2D eigenvalue weighted by molar-refractivity contribution is 6.17. The molecule has 0 unspecified atom stereocenters. The monoisotopic (exact) mass is 242 g/mol. The number of H-pyrrole nitrogens is 1. The summed E-state index contributed by atoms with van der Waals surface area (Å²) in [6, 6.07) is 16.1. The SMILES string of the molecule is ClCc1cccc(-c2nc3ccccc3[nH]2)c1. The molecule has 0 amide bonds. The first kappa shape index (κ1) is 10.4. The summed E-state index contributed by atoms with van der Waals surface area (Å²) in [5, 5.41) is 0. The maximum absolute atomic E-state index is 5.83. The van der Waals surface area contributed by atoms with Gasteiger partial charge in [0.1, 0.15) is 5.82 Å². The summed E-state index contributed by atoms with van der Waals surface area (Å²) >= 11 is 5.83. The van der Waals surface area contributed by atoms with E-state index in [0.717, 1.165) is 28.0 Å². The van der Waals surface area contributed by atoms with E-state index in [1.807, 2.05) is 42.5 Å². The lowest BCUT2D eigenvalue weighted by Crippen LogP contribution is -1.83. The van der Waals surface area contributed by atoms with Gasteiger partial charge in [0.2, 0.25) is 0 Å². The summed E-state index contributed by atoms with van der Waals surface area (Å²) in [6.45, 7) is 0. The van der Waals surface area contributed by atoms with Gasteiger partial charge in [-0.2, -0.15) is 0 Å². The van der Waals surface area contributed by atoms with Crippen LogP contribution < -0.4 is 0 Å². The van der Waals surface area contributed by atoms with Crippen molar-refractivity contribution in [2.75, 3.05) is 0 Å². The number of para-hydroxylation sites is 2. The number of hydrogen-bond acceptors (Lipinski definition) is 1. The smallest absolute Gasteiger partial charge is 0.138 e. The molecular weight excluding hydrogens is 232 g/mol. The average molecular weight is 243 g/mol. The number of nitrogens with one attached hydrogen (secondary N) is 1. The number of aromatic nitrogens is 2. The fourth-order valence-corrected chi connectivity index (χ4v) is 2.06. The minimum Gasteiger partial charge on any atom is -0.338 e. The summed E-state index contributed by atoms with van der Waals surface area (Å²) in [4.78, 5) is 7.87. The number of alkyl halides is 1. The van der Waals surface area contributed by atoms with Crippen molar-refractivity contribution >= 4 is 22.6 Å². The van der Waals surface area contributed by atoms with Crippen LogP contribution in [0, 0.1) is 0 Å². The number of rotatable bonds is 2. The van der Waals surface area contributed by atoms with Crippen molar-refractivity contribution in [1.82, 2.24) is 9.97 Å². The van der Waals surface area contributed by atoms with Crippen molar-refractivity contribution < 1.29 is 0 Å². The normalized spacial score (nSPS) is 10.9. The second-order valence-electron chi connectivity index (χ2n) is 3.94. The zero-order chi connectivity index (χ0) is 11.7. The minimum atomic E-state index is 0.522. The van der Waals surface area contributed by atoms with Crippen molar-refractivity contribution in [3.8, 4) is 11.4 Å². The molecule has 3 aromatic rings. The van der Waals surface area contributed by atoms with Crippen LogP contribution in [0.5, 0.6) is 0 Å². The first-order chi connectivity index (χ1) is 8.36. The quantitative estimate of drug-likeness (QED) is 0.677. The van der Waals surface area contributed by atoms with E-state index in [9.17, 15) is 0 Å². The molecule has 3 heteroatoms. The molecule has 0 bridgehead atoms. The Bertz CT molecular complexity index is 625. The summed E-state index contributed by atoms with van der Waals surface area (Å²) in [6.07, 6.45) is 0. The van der Waals surface area contributed by atoms with E-state index in [-0.39, 0.29) is 0 Å². The summed E-state index contributed by atoms with van der Waals surface area (Å²) in [7, 11) is 0. The van der Waals surface area contributed by atoms with Gasteiger partial charge in [-0.05, 0) is 23.8 Å². The summed E-state index contributed by atoms with van der Waals surface area (Å²) in [5.41, 5.74) is 4.21. The summed E-state index contributed by atoms with van der Waals surface area (Å²) < 4.78 is 0. The van der Waals surface area contributed by atoms with Gasteiger partial charge < -0.3 is 4.98 Å². The highest BCUT2D eigenvalue weighted by Gasteiger charge is 2.04. The lowest BCUT2D eigenvalue weighted by molar-refractivity contribution is 1.31. The van der Waals surface area contributed by atoms with E-state index >= 15 is 0 Å². The van der Waals surface area contributed by atoms with Gasteiger partial charge in [0.15, 0.2) is 0 Å². The van der Waals surface area contributed by atoms with Crippen LogP contribution in [0.2, 0.25) is 0 Å². The average Bonchev–Trinajstić information content (AvgIpc) is 2.82. The number of benzene rings is 2. The predicted octanol–water partition coefficient (Wildman–Crippen LogP) is 3.97. The van der Waals surface area contributed by atoms with E-state index in [4.69, 9.17) is 11.6 Å². The molecule has 1 N–H and O–H groups in total. The van der Waals surface area contributed by atoms with E-state index in [2.05, 4.69) is 16.0 Å². The fourth-order valence-electron chi connectivity index (χ4n) is 1.89. The zero-order valence-electron chi connectivity index (χ0n) is 9.15. The van der Waals surface area contributed by atoms with Gasteiger partial charge in [-0.1, -0.05) is 30.3 Å². The molecule has 0 saturated carbocycles. The van der Waals surface area contributed by atoms with E-state index in [1.165, 1.54) is 0 Å². The molecule has 17 heavy (non-hydrogen) atoms. The van der Waals surface area contributed by atoms with Crippen molar-refractivity contribution in [1.29, 1.82) is 0 Å². The van der Waals surface area contributed by atoms with Crippen LogP contribution in [-0.2, 0) is 5.88 Å². The Morgan fingerprint density at radius 1 is 1.06 bits per heavy atom. The van der Waals surface area contributed by atoms with Gasteiger partial charge >= 0.3 is 0 Å². The standard InChI is InChI=1S/C14H11ClN2/c15-9-10-4-3-5-11(8-10)14-16-12-6-1-2-7-13(12)17-14/h1-8H,9H2,(H,16,17). The van der Waals surface area contributed by atoms with Gasteiger partial charge in [-0.25, -0.2) is 4.98 Å². The Balaban J connectivity index is 2.13. The van der Waals surface area contributed by atoms with Gasteiger partial charge in [0.05, 0.1) is 11.0 Å². The van der Waals surface area contributed by atoms with Crippen molar-refractivity contribution in [2.24, 2.45) is 0 Å². The van der Waals surface area contributed by atoms with Crippen LogP contribution in [0.1, 0.15) is 5.56 Å². The third-order valence-electron chi connectivity index (χ3n) is 2.74. The molecule has 3 rings (SSSR count). The molecular formula is C14H11ClN2. The summed E-state index contributed by atoms with van der Waals surface area (Å²) in [5.74, 6) is 1.41. The molecule has 0 atom stereocenters. The van der Waals surface area contributed by atoms with E-state index in [1.54, 1.807) is 0 Å². The molecule has 0 aliphatic rings. The van der Waals surface area contributed by atoms with Gasteiger partial charge in [0, 0.05) is 11.4 Å². The molecule has 0 radical (unpaired) electrons. The number of halogens is 1. The Morgan fingerprint density at radius 3 is 2.76 bits per heavy atom. The van der Waals surface area contributed by atoms with Crippen LogP contribution in [0.25, 0.3) is 22.4 Å². The first-order valence-corrected chi connectivity index (χ1v) is 6.00. The Morgan fingerprint density at radius 2 is 1.94 bits per heavy atom. The molecule has 0 aliphatic heterocycles. The molecule has 84 valence electrons. The third-order valence-corrected chi connectivity index (χ3v) is 3.05. The number of imidazole rings is 1. The second kappa shape index (κ2) is 4.22. The number of nitrogens with zero attached hydrogens (tertiary/aromatic N) is 1. The lowest BCUT2D eigenvalue weighted by atomic mass is 10.1. The van der Waals surface area contributed by atoms with Gasteiger partial charge in [-0.3, -0.25) is 0 Å². The Labute approximate surface area is 104 Å². The van der Waals surface area contributed by atoms with Gasteiger partial charge in [-0.15, -0.1) is 11.6 Å². The number of hydrogen-bond donors (Lipinski definition) is 1. The largest absolute Gasteiger partial charge is 0.338 e. The van der Waals surface area contributed by atoms with Crippen LogP contribution in [0.15, 0.2) is 48.5 Å². The molecule has 0 saturated heterocycles. The molecule has 1 heterocycles. The fraction of sp³-hybridized carbons (Fsp3) is 0.0714. The molecule has 2 aromatic carbocycles. The topological polar surface area (TPSA) is 28.7 Å². The first-order valence-electron chi connectivity index (χ1n) is 5.47. The van der Waals surface area contributed by atoms with Crippen LogP contribution >= 0.6 is 11.6 Å². The Kier molecular flexibility index (Phi) is 2.57. The zero-order valence-corrected chi connectivity index (χ0v) is 9.91. The highest BCUT2D eigenvalue weighted by Crippen LogP contribution is 2.21. The number of aromatic amines is 1. The lowest BCUT2D eigenvalue weighted by Gasteiger charge is -1.99. The second-order valence-corrected chi connectivity index (χ2v) is 4.20. The van der Waals surface area contributed by atoms with Gasteiger partial charge in [0.25, 0.3) is 0 Å². The minimum absolute atomic E-state index is 0.522. The molecule has 2 nitrogen and oxygen atoms in total. The molecule has 0 spiro atoms. The number of fused-ring (bicyclic) bond motifs is 1.